The van der Waals surface area contributed by atoms with Crippen LogP contribution in [0, 0.1) is 0 Å². The van der Waals surface area contributed by atoms with E-state index in [2.05, 4.69) is 17.3 Å². The van der Waals surface area contributed by atoms with Crippen LogP contribution in [0.15, 0.2) is 0 Å². The molecule has 0 radical (unpaired) electrons. The van der Waals surface area contributed by atoms with Gasteiger partial charge in [-0.25, -0.2) is 0 Å². The summed E-state index contributed by atoms with van der Waals surface area (Å²) in [6.45, 7) is 5.70. The molecule has 0 saturated carbocycles. The van der Waals surface area contributed by atoms with E-state index in [0.29, 0.717) is 0 Å². The number of nitrogens with zero attached hydrogens (tertiary/aromatic N) is 1. The van der Waals surface area contributed by atoms with Gasteiger partial charge in [-0.1, -0.05) is 0 Å². The van der Waals surface area contributed by atoms with Gasteiger partial charge >= 0.3 is 5.97 Å². The molecule has 4 heteroatoms. The van der Waals surface area contributed by atoms with E-state index in [9.17, 15) is 4.79 Å². The van der Waals surface area contributed by atoms with Crippen LogP contribution < -0.4 is 5.32 Å². The minimum absolute atomic E-state index is 0.0984. The molecule has 0 amide bonds. The molecule has 1 aliphatic rings. The number of piperidine rings is 1. The Morgan fingerprint density at radius 3 is 2.40 bits per heavy atom. The number of hydrogen-bond donors (Lipinski definition) is 1. The maximum absolute atomic E-state index is 11.7. The third-order valence-electron chi connectivity index (χ3n) is 3.07. The first kappa shape index (κ1) is 12.5. The predicted molar refractivity (Wildman–Crippen MR) is 59.7 cm³/mol. The number of likely N-dealkylation sites (tertiary alicyclic amines) is 1. The average Bonchev–Trinajstić information content (AvgIpc) is 2.21. The Bertz CT molecular complexity index is 221. The molecule has 0 aromatic rings. The summed E-state index contributed by atoms with van der Waals surface area (Å²) >= 11 is 0. The van der Waals surface area contributed by atoms with Gasteiger partial charge < -0.3 is 15.0 Å². The number of hydrogen-bond acceptors (Lipinski definition) is 4. The summed E-state index contributed by atoms with van der Waals surface area (Å²) in [5.74, 6) is -0.153. The zero-order valence-electron chi connectivity index (χ0n) is 10.2. The molecule has 1 N–H and O–H groups in total. The van der Waals surface area contributed by atoms with Crippen LogP contribution in [0.2, 0.25) is 0 Å². The van der Waals surface area contributed by atoms with Gasteiger partial charge in [0, 0.05) is 13.1 Å². The van der Waals surface area contributed by atoms with Crippen LogP contribution in [-0.4, -0.2) is 49.7 Å². The molecule has 0 aliphatic carbocycles. The lowest BCUT2D eigenvalue weighted by molar-refractivity contribution is -0.157. The van der Waals surface area contributed by atoms with E-state index in [1.165, 1.54) is 0 Å². The van der Waals surface area contributed by atoms with Gasteiger partial charge in [0.25, 0.3) is 0 Å². The molecule has 0 atom stereocenters. The van der Waals surface area contributed by atoms with E-state index in [1.807, 2.05) is 13.8 Å². The van der Waals surface area contributed by atoms with E-state index >= 15 is 0 Å². The molecule has 0 unspecified atom stereocenters. The fraction of sp³-hybridized carbons (Fsp3) is 0.909. The van der Waals surface area contributed by atoms with Gasteiger partial charge in [0.15, 0.2) is 0 Å². The molecule has 88 valence electrons. The topological polar surface area (TPSA) is 41.6 Å². The summed E-state index contributed by atoms with van der Waals surface area (Å²) in [6.07, 6.45) is 1.99. The molecule has 1 rings (SSSR count). The second-order valence-corrected chi connectivity index (χ2v) is 4.78. The molecule has 0 aromatic heterocycles. The van der Waals surface area contributed by atoms with Crippen LogP contribution in [-0.2, 0) is 9.53 Å². The average molecular weight is 214 g/mol. The number of esters is 1. The third kappa shape index (κ3) is 3.47. The van der Waals surface area contributed by atoms with Crippen molar-refractivity contribution >= 4 is 5.97 Å². The van der Waals surface area contributed by atoms with Crippen molar-refractivity contribution in [1.82, 2.24) is 10.2 Å². The molecule has 0 spiro atoms. The van der Waals surface area contributed by atoms with Crippen molar-refractivity contribution in [2.24, 2.45) is 0 Å². The Labute approximate surface area is 92.0 Å². The largest absolute Gasteiger partial charge is 0.461 e. The molecule has 0 aromatic carbocycles. The van der Waals surface area contributed by atoms with Crippen LogP contribution in [0.4, 0.5) is 0 Å². The van der Waals surface area contributed by atoms with Gasteiger partial charge in [-0.3, -0.25) is 4.79 Å². The van der Waals surface area contributed by atoms with Gasteiger partial charge in [0.1, 0.15) is 11.6 Å². The van der Waals surface area contributed by atoms with E-state index in [1.54, 1.807) is 7.05 Å². The Hall–Kier alpha value is -0.610. The number of carbonyl (C=O) groups is 1. The zero-order valence-corrected chi connectivity index (χ0v) is 10.2. The van der Waals surface area contributed by atoms with Gasteiger partial charge in [0.05, 0.1) is 0 Å². The second-order valence-electron chi connectivity index (χ2n) is 4.78. The lowest BCUT2D eigenvalue weighted by Gasteiger charge is -2.31. The van der Waals surface area contributed by atoms with E-state index < -0.39 is 5.54 Å². The highest BCUT2D eigenvalue weighted by Crippen LogP contribution is 2.15. The first-order valence-electron chi connectivity index (χ1n) is 5.54. The molecule has 1 heterocycles. The number of nitrogens with one attached hydrogen (secondary N) is 1. The number of carbonyl (C=O) groups excluding carboxylic acids is 1. The maximum Gasteiger partial charge on any atom is 0.326 e. The standard InChI is InChI=1S/C11H22N2O2/c1-11(2,12-3)10(14)15-9-5-7-13(4)8-6-9/h9,12H,5-8H2,1-4H3. The minimum atomic E-state index is -0.580. The summed E-state index contributed by atoms with van der Waals surface area (Å²) in [6, 6.07) is 0. The SMILES string of the molecule is CNC(C)(C)C(=O)OC1CCN(C)CC1. The zero-order chi connectivity index (χ0) is 11.5. The van der Waals surface area contributed by atoms with Crippen LogP contribution in [0.25, 0.3) is 0 Å². The summed E-state index contributed by atoms with van der Waals surface area (Å²) < 4.78 is 5.47. The Kier molecular flexibility index (Phi) is 4.11. The predicted octanol–water partition coefficient (Wildman–Crippen LogP) is 0.622. The Morgan fingerprint density at radius 1 is 1.40 bits per heavy atom. The number of rotatable bonds is 3. The van der Waals surface area contributed by atoms with Crippen LogP contribution >= 0.6 is 0 Å². The molecular formula is C11H22N2O2. The molecule has 0 bridgehead atoms. The van der Waals surface area contributed by atoms with Crippen LogP contribution in [0.3, 0.4) is 0 Å². The van der Waals surface area contributed by atoms with Crippen molar-refractivity contribution in [3.63, 3.8) is 0 Å². The van der Waals surface area contributed by atoms with Crippen molar-refractivity contribution in [2.75, 3.05) is 27.2 Å². The lowest BCUT2D eigenvalue weighted by Crippen LogP contribution is -2.48. The molecule has 4 nitrogen and oxygen atoms in total. The highest BCUT2D eigenvalue weighted by Gasteiger charge is 2.30. The van der Waals surface area contributed by atoms with Crippen molar-refractivity contribution in [2.45, 2.75) is 38.3 Å². The van der Waals surface area contributed by atoms with Crippen molar-refractivity contribution in [3.05, 3.63) is 0 Å². The van der Waals surface area contributed by atoms with E-state index in [0.717, 1.165) is 25.9 Å². The lowest BCUT2D eigenvalue weighted by atomic mass is 10.1. The smallest absolute Gasteiger partial charge is 0.326 e. The quantitative estimate of drug-likeness (QED) is 0.699. The molecule has 1 fully saturated rings. The molecule has 1 saturated heterocycles. The Balaban J connectivity index is 2.39. The van der Waals surface area contributed by atoms with E-state index in [4.69, 9.17) is 4.74 Å². The number of likely N-dealkylation sites (N-methyl/N-ethyl adjacent to an activating group) is 1. The normalized spacial score (nSPS) is 20.3. The van der Waals surface area contributed by atoms with Gasteiger partial charge in [0.2, 0.25) is 0 Å². The summed E-state index contributed by atoms with van der Waals surface area (Å²) in [5, 5.41) is 2.95. The van der Waals surface area contributed by atoms with Gasteiger partial charge in [-0.05, 0) is 40.8 Å². The number of ether oxygens (including phenoxy) is 1. The molecular weight excluding hydrogens is 192 g/mol. The fourth-order valence-corrected chi connectivity index (χ4v) is 1.50. The highest BCUT2D eigenvalue weighted by molar-refractivity contribution is 5.79. The monoisotopic (exact) mass is 214 g/mol. The molecule has 15 heavy (non-hydrogen) atoms. The second kappa shape index (κ2) is 4.94. The first-order chi connectivity index (χ1) is 6.95. The summed E-state index contributed by atoms with van der Waals surface area (Å²) in [4.78, 5) is 14.0. The van der Waals surface area contributed by atoms with Gasteiger partial charge in [-0.15, -0.1) is 0 Å². The maximum atomic E-state index is 11.7. The summed E-state index contributed by atoms with van der Waals surface area (Å²) in [7, 11) is 3.87. The van der Waals surface area contributed by atoms with Gasteiger partial charge in [-0.2, -0.15) is 0 Å². The van der Waals surface area contributed by atoms with Crippen molar-refractivity contribution in [3.8, 4) is 0 Å². The third-order valence-corrected chi connectivity index (χ3v) is 3.07. The molecule has 1 aliphatic heterocycles. The first-order valence-corrected chi connectivity index (χ1v) is 5.54. The van der Waals surface area contributed by atoms with Crippen LogP contribution in [0.5, 0.6) is 0 Å². The Morgan fingerprint density at radius 2 is 1.93 bits per heavy atom. The van der Waals surface area contributed by atoms with E-state index in [-0.39, 0.29) is 12.1 Å². The summed E-state index contributed by atoms with van der Waals surface area (Å²) in [5.41, 5.74) is -0.580. The minimum Gasteiger partial charge on any atom is -0.461 e. The fourth-order valence-electron chi connectivity index (χ4n) is 1.50. The van der Waals surface area contributed by atoms with Crippen LogP contribution in [0.1, 0.15) is 26.7 Å². The van der Waals surface area contributed by atoms with Crippen molar-refractivity contribution in [1.29, 1.82) is 0 Å². The highest BCUT2D eigenvalue weighted by atomic mass is 16.5. The van der Waals surface area contributed by atoms with Crippen molar-refractivity contribution < 1.29 is 9.53 Å².